The molecule has 1 aliphatic rings. The van der Waals surface area contributed by atoms with E-state index < -0.39 is 72.6 Å². The zero-order chi connectivity index (χ0) is 26.0. The first-order valence-electron chi connectivity index (χ1n) is 10.9. The van der Waals surface area contributed by atoms with Gasteiger partial charge in [0.15, 0.2) is 0 Å². The van der Waals surface area contributed by atoms with E-state index in [4.69, 9.17) is 16.6 Å². The van der Waals surface area contributed by atoms with E-state index in [9.17, 15) is 28.8 Å². The predicted molar refractivity (Wildman–Crippen MR) is 124 cm³/mol. The van der Waals surface area contributed by atoms with Crippen molar-refractivity contribution in [2.45, 2.75) is 63.7 Å². The van der Waals surface area contributed by atoms with E-state index in [2.05, 4.69) is 28.6 Å². The summed E-state index contributed by atoms with van der Waals surface area (Å²) in [6.45, 7) is 3.36. The largest absolute Gasteiger partial charge is 0.480 e. The van der Waals surface area contributed by atoms with Crippen molar-refractivity contribution in [3.63, 3.8) is 0 Å². The summed E-state index contributed by atoms with van der Waals surface area (Å²) in [4.78, 5) is 73.7. The van der Waals surface area contributed by atoms with Gasteiger partial charge in [-0.05, 0) is 25.2 Å². The monoisotopic (exact) mass is 502 g/mol. The molecule has 1 heterocycles. The van der Waals surface area contributed by atoms with Crippen LogP contribution < -0.4 is 27.4 Å². The van der Waals surface area contributed by atoms with E-state index in [1.165, 1.54) is 4.90 Å². The third kappa shape index (κ3) is 9.17. The van der Waals surface area contributed by atoms with Crippen LogP contribution in [0.25, 0.3) is 0 Å². The van der Waals surface area contributed by atoms with Gasteiger partial charge in [0.2, 0.25) is 29.5 Å². The average molecular weight is 503 g/mol. The molecule has 0 radical (unpaired) electrons. The zero-order valence-electron chi connectivity index (χ0n) is 19.3. The number of aliphatic carboxylic acids is 1. The van der Waals surface area contributed by atoms with Gasteiger partial charge in [-0.25, -0.2) is 0 Å². The van der Waals surface area contributed by atoms with Gasteiger partial charge in [0.1, 0.15) is 24.7 Å². The number of hydrogen-bond donors (Lipinski definition) is 7. The molecule has 0 unspecified atom stereocenters. The minimum Gasteiger partial charge on any atom is -0.480 e. The lowest BCUT2D eigenvalue weighted by molar-refractivity contribution is -0.142. The molecule has 0 aromatic rings. The number of amides is 5. The fourth-order valence-corrected chi connectivity index (χ4v) is 3.78. The quantitative estimate of drug-likeness (QED) is 0.131. The fourth-order valence-electron chi connectivity index (χ4n) is 3.53. The molecule has 0 bridgehead atoms. The number of carbonyl (C=O) groups excluding carboxylic acids is 5. The standard InChI is InChI=1S/C20H34N6O7S/c1-10(2)6-12(18(31)23-8-16(28)29)24-19(32)14-4-3-5-26(14)20(33)13(9-34)25-17(30)11(21)7-15(22)27/h10-14,34H,3-9,21H2,1-2H3,(H2,22,27)(H,23,31)(H,24,32)(H,25,30)(H,28,29)/t11-,12-,13-,14-/m0/s1. The summed E-state index contributed by atoms with van der Waals surface area (Å²) < 4.78 is 0. The van der Waals surface area contributed by atoms with Gasteiger partial charge >= 0.3 is 5.97 Å². The second-order valence-corrected chi connectivity index (χ2v) is 8.88. The zero-order valence-corrected chi connectivity index (χ0v) is 20.2. The minimum atomic E-state index is -1.23. The molecule has 192 valence electrons. The Morgan fingerprint density at radius 2 is 1.74 bits per heavy atom. The Kier molecular flexibility index (Phi) is 11.8. The summed E-state index contributed by atoms with van der Waals surface area (Å²) >= 11 is 4.11. The lowest BCUT2D eigenvalue weighted by Crippen LogP contribution is -2.58. The first kappa shape index (κ1) is 29.2. The summed E-state index contributed by atoms with van der Waals surface area (Å²) in [5.74, 6) is -4.54. The van der Waals surface area contributed by atoms with Gasteiger partial charge in [0.05, 0.1) is 12.5 Å². The Balaban J connectivity index is 2.89. The highest BCUT2D eigenvalue weighted by Crippen LogP contribution is 2.20. The molecule has 0 saturated carbocycles. The number of likely N-dealkylation sites (tertiary alicyclic amines) is 1. The second kappa shape index (κ2) is 13.7. The van der Waals surface area contributed by atoms with E-state index in [0.717, 1.165) is 0 Å². The molecule has 1 saturated heterocycles. The Labute approximate surface area is 203 Å². The SMILES string of the molecule is CC(C)C[C@H](NC(=O)[C@@H]1CCCN1C(=O)[C@H](CS)NC(=O)[C@@H](N)CC(N)=O)C(=O)NCC(=O)O. The molecule has 5 amide bonds. The van der Waals surface area contributed by atoms with Gasteiger partial charge in [0.25, 0.3) is 0 Å². The Morgan fingerprint density at radius 1 is 1.09 bits per heavy atom. The van der Waals surface area contributed by atoms with Crippen LogP contribution in [-0.2, 0) is 28.8 Å². The van der Waals surface area contributed by atoms with E-state index in [-0.39, 0.29) is 24.6 Å². The van der Waals surface area contributed by atoms with Gasteiger partial charge in [-0.3, -0.25) is 28.8 Å². The van der Waals surface area contributed by atoms with Crippen LogP contribution >= 0.6 is 12.6 Å². The van der Waals surface area contributed by atoms with Crippen molar-refractivity contribution >= 4 is 48.1 Å². The summed E-state index contributed by atoms with van der Waals surface area (Å²) in [6, 6.07) is -4.18. The summed E-state index contributed by atoms with van der Waals surface area (Å²) in [6.07, 6.45) is 0.746. The number of rotatable bonds is 13. The number of carbonyl (C=O) groups is 6. The molecular weight excluding hydrogens is 468 g/mol. The number of nitrogens with zero attached hydrogens (tertiary/aromatic N) is 1. The van der Waals surface area contributed by atoms with E-state index in [1.807, 2.05) is 13.8 Å². The van der Waals surface area contributed by atoms with Gasteiger partial charge < -0.3 is 37.4 Å². The van der Waals surface area contributed by atoms with Crippen LogP contribution in [0.15, 0.2) is 0 Å². The van der Waals surface area contributed by atoms with Crippen LogP contribution in [0.3, 0.4) is 0 Å². The fraction of sp³-hybridized carbons (Fsp3) is 0.700. The summed E-state index contributed by atoms with van der Waals surface area (Å²) in [5.41, 5.74) is 10.7. The highest BCUT2D eigenvalue weighted by atomic mass is 32.1. The minimum absolute atomic E-state index is 0.0237. The number of carboxylic acids is 1. The molecule has 0 aromatic carbocycles. The maximum Gasteiger partial charge on any atom is 0.322 e. The van der Waals surface area contributed by atoms with Crippen molar-refractivity contribution in [1.29, 1.82) is 0 Å². The van der Waals surface area contributed by atoms with Crippen molar-refractivity contribution in [3.8, 4) is 0 Å². The van der Waals surface area contributed by atoms with Crippen molar-refractivity contribution < 1.29 is 33.9 Å². The van der Waals surface area contributed by atoms with Crippen molar-refractivity contribution in [2.24, 2.45) is 17.4 Å². The van der Waals surface area contributed by atoms with Gasteiger partial charge in [-0.15, -0.1) is 0 Å². The van der Waals surface area contributed by atoms with Crippen molar-refractivity contribution in [2.75, 3.05) is 18.8 Å². The van der Waals surface area contributed by atoms with Crippen LogP contribution in [-0.4, -0.2) is 88.5 Å². The molecule has 34 heavy (non-hydrogen) atoms. The van der Waals surface area contributed by atoms with Crippen LogP contribution in [0.5, 0.6) is 0 Å². The number of carboxylic acid groups (broad SMARTS) is 1. The third-order valence-electron chi connectivity index (χ3n) is 5.15. The first-order valence-corrected chi connectivity index (χ1v) is 11.6. The predicted octanol–water partition coefficient (Wildman–Crippen LogP) is -2.67. The highest BCUT2D eigenvalue weighted by Gasteiger charge is 2.39. The molecule has 1 rings (SSSR count). The first-order chi connectivity index (χ1) is 15.9. The molecular formula is C20H34N6O7S. The lowest BCUT2D eigenvalue weighted by Gasteiger charge is -2.30. The molecule has 14 heteroatoms. The molecule has 13 nitrogen and oxygen atoms in total. The third-order valence-corrected chi connectivity index (χ3v) is 5.51. The maximum absolute atomic E-state index is 13.1. The van der Waals surface area contributed by atoms with Crippen LogP contribution in [0.1, 0.15) is 39.5 Å². The van der Waals surface area contributed by atoms with Gasteiger partial charge in [-0.1, -0.05) is 13.8 Å². The van der Waals surface area contributed by atoms with E-state index in [0.29, 0.717) is 12.8 Å². The van der Waals surface area contributed by atoms with Gasteiger partial charge in [-0.2, -0.15) is 12.6 Å². The van der Waals surface area contributed by atoms with Crippen LogP contribution in [0.4, 0.5) is 0 Å². The smallest absolute Gasteiger partial charge is 0.322 e. The van der Waals surface area contributed by atoms with Crippen LogP contribution in [0, 0.1) is 5.92 Å². The van der Waals surface area contributed by atoms with Crippen molar-refractivity contribution in [3.05, 3.63) is 0 Å². The molecule has 1 fully saturated rings. The number of hydrogen-bond acceptors (Lipinski definition) is 8. The molecule has 0 aromatic heterocycles. The number of primary amides is 1. The van der Waals surface area contributed by atoms with Crippen LogP contribution in [0.2, 0.25) is 0 Å². The second-order valence-electron chi connectivity index (χ2n) is 8.51. The summed E-state index contributed by atoms with van der Waals surface area (Å²) in [7, 11) is 0. The van der Waals surface area contributed by atoms with Gasteiger partial charge in [0, 0.05) is 12.3 Å². The molecule has 0 spiro atoms. The molecule has 4 atom stereocenters. The number of thiol groups is 1. The molecule has 1 aliphatic heterocycles. The Bertz CT molecular complexity index is 793. The topological polar surface area (TPSA) is 214 Å². The number of nitrogens with one attached hydrogen (secondary N) is 3. The summed E-state index contributed by atoms with van der Waals surface area (Å²) in [5, 5.41) is 16.1. The molecule has 0 aliphatic carbocycles. The van der Waals surface area contributed by atoms with E-state index >= 15 is 0 Å². The number of nitrogens with two attached hydrogens (primary N) is 2. The lowest BCUT2D eigenvalue weighted by atomic mass is 10.0. The highest BCUT2D eigenvalue weighted by molar-refractivity contribution is 7.80. The van der Waals surface area contributed by atoms with E-state index in [1.54, 1.807) is 0 Å². The van der Waals surface area contributed by atoms with Crippen molar-refractivity contribution in [1.82, 2.24) is 20.9 Å². The average Bonchev–Trinajstić information content (AvgIpc) is 3.23. The normalized spacial score (nSPS) is 18.0. The Hall–Kier alpha value is -2.87. The Morgan fingerprint density at radius 3 is 2.26 bits per heavy atom. The molecule has 8 N–H and O–H groups in total. The maximum atomic E-state index is 13.1.